The van der Waals surface area contributed by atoms with Crippen molar-refractivity contribution in [1.82, 2.24) is 0 Å². The fourth-order valence-electron chi connectivity index (χ4n) is 1.16. The highest BCUT2D eigenvalue weighted by Crippen LogP contribution is 2.18. The normalized spacial score (nSPS) is 10.4. The predicted molar refractivity (Wildman–Crippen MR) is 58.6 cm³/mol. The molecule has 0 amide bonds. The third-order valence-electron chi connectivity index (χ3n) is 2.00. The van der Waals surface area contributed by atoms with Crippen molar-refractivity contribution in [3.05, 3.63) is 35.7 Å². The van der Waals surface area contributed by atoms with Gasteiger partial charge in [-0.2, -0.15) is 0 Å². The van der Waals surface area contributed by atoms with Gasteiger partial charge in [-0.05, 0) is 17.7 Å². The van der Waals surface area contributed by atoms with Gasteiger partial charge in [-0.15, -0.1) is 0 Å². The van der Waals surface area contributed by atoms with Crippen LogP contribution in [-0.4, -0.2) is 20.2 Å². The Morgan fingerprint density at radius 3 is 2.75 bits per heavy atom. The van der Waals surface area contributed by atoms with Gasteiger partial charge in [0, 0.05) is 0 Å². The minimum absolute atomic E-state index is 0.171. The minimum atomic E-state index is -0.428. The van der Waals surface area contributed by atoms with Crippen molar-refractivity contribution in [3.63, 3.8) is 0 Å². The van der Waals surface area contributed by atoms with Gasteiger partial charge in [0.15, 0.2) is 11.6 Å². The number of rotatable bonds is 4. The zero-order valence-electron chi connectivity index (χ0n) is 9.20. The number of carbonyl (C=O) groups is 1. The molecule has 0 aliphatic rings. The van der Waals surface area contributed by atoms with Crippen LogP contribution in [0.1, 0.15) is 12.0 Å². The summed E-state index contributed by atoms with van der Waals surface area (Å²) in [6, 6.07) is 4.58. The van der Waals surface area contributed by atoms with E-state index in [0.29, 0.717) is 5.56 Å². The van der Waals surface area contributed by atoms with Crippen molar-refractivity contribution in [2.45, 2.75) is 6.42 Å². The Kier molecular flexibility index (Phi) is 4.51. The minimum Gasteiger partial charge on any atom is -0.494 e. The summed E-state index contributed by atoms with van der Waals surface area (Å²) in [6.45, 7) is 0. The second-order valence-electron chi connectivity index (χ2n) is 3.08. The highest BCUT2D eigenvalue weighted by atomic mass is 19.1. The molecule has 3 nitrogen and oxygen atoms in total. The zero-order chi connectivity index (χ0) is 12.0. The highest BCUT2D eigenvalue weighted by Gasteiger charge is 2.01. The van der Waals surface area contributed by atoms with Crippen molar-refractivity contribution in [3.8, 4) is 5.75 Å². The molecular formula is C12H13FO3. The number of hydrogen-bond donors (Lipinski definition) is 0. The van der Waals surface area contributed by atoms with Gasteiger partial charge in [-0.25, -0.2) is 4.39 Å². The number of carbonyl (C=O) groups excluding carboxylic acids is 1. The quantitative estimate of drug-likeness (QED) is 0.737. The lowest BCUT2D eigenvalue weighted by Gasteiger charge is -2.01. The zero-order valence-corrected chi connectivity index (χ0v) is 9.20. The molecule has 0 N–H and O–H groups in total. The number of hydrogen-bond acceptors (Lipinski definition) is 3. The predicted octanol–water partition coefficient (Wildman–Crippen LogP) is 2.41. The van der Waals surface area contributed by atoms with Crippen LogP contribution in [0.2, 0.25) is 0 Å². The lowest BCUT2D eigenvalue weighted by Crippen LogP contribution is -1.96. The van der Waals surface area contributed by atoms with E-state index in [2.05, 4.69) is 4.74 Å². The van der Waals surface area contributed by atoms with Crippen molar-refractivity contribution in [2.24, 2.45) is 0 Å². The molecule has 0 saturated carbocycles. The van der Waals surface area contributed by atoms with E-state index in [9.17, 15) is 9.18 Å². The van der Waals surface area contributed by atoms with E-state index in [0.717, 1.165) is 0 Å². The van der Waals surface area contributed by atoms with Crippen LogP contribution in [-0.2, 0) is 9.53 Å². The summed E-state index contributed by atoms with van der Waals surface area (Å²) >= 11 is 0. The summed E-state index contributed by atoms with van der Waals surface area (Å²) in [5, 5.41) is 0. The van der Waals surface area contributed by atoms with Crippen LogP contribution in [0.4, 0.5) is 4.39 Å². The van der Waals surface area contributed by atoms with E-state index in [1.807, 2.05) is 0 Å². The van der Waals surface area contributed by atoms with Gasteiger partial charge in [-0.1, -0.05) is 18.2 Å². The molecule has 0 spiro atoms. The molecule has 4 heteroatoms. The van der Waals surface area contributed by atoms with Gasteiger partial charge >= 0.3 is 5.97 Å². The Morgan fingerprint density at radius 2 is 2.19 bits per heavy atom. The molecule has 0 atom stereocenters. The maximum atomic E-state index is 13.3. The van der Waals surface area contributed by atoms with Crippen molar-refractivity contribution in [2.75, 3.05) is 14.2 Å². The molecule has 0 unspecified atom stereocenters. The molecule has 0 saturated heterocycles. The molecule has 0 aliphatic heterocycles. The smallest absolute Gasteiger partial charge is 0.309 e. The fourth-order valence-corrected chi connectivity index (χ4v) is 1.16. The van der Waals surface area contributed by atoms with Crippen LogP contribution in [0, 0.1) is 5.82 Å². The van der Waals surface area contributed by atoms with Gasteiger partial charge in [0.2, 0.25) is 0 Å². The Labute approximate surface area is 93.5 Å². The molecule has 0 bridgehead atoms. The molecule has 1 aromatic rings. The lowest BCUT2D eigenvalue weighted by atomic mass is 10.2. The monoisotopic (exact) mass is 224 g/mol. The van der Waals surface area contributed by atoms with Crippen molar-refractivity contribution in [1.29, 1.82) is 0 Å². The third-order valence-corrected chi connectivity index (χ3v) is 2.00. The fraction of sp³-hybridized carbons (Fsp3) is 0.250. The van der Waals surface area contributed by atoms with E-state index >= 15 is 0 Å². The number of benzene rings is 1. The summed E-state index contributed by atoms with van der Waals surface area (Å²) in [5.74, 6) is -0.557. The van der Waals surface area contributed by atoms with Gasteiger partial charge < -0.3 is 9.47 Å². The molecule has 86 valence electrons. The van der Waals surface area contributed by atoms with E-state index < -0.39 is 5.82 Å². The van der Waals surface area contributed by atoms with Crippen LogP contribution in [0.25, 0.3) is 6.08 Å². The van der Waals surface area contributed by atoms with E-state index in [1.54, 1.807) is 18.2 Å². The molecule has 0 radical (unpaired) electrons. The summed E-state index contributed by atoms with van der Waals surface area (Å²) in [4.78, 5) is 10.8. The molecule has 1 rings (SSSR count). The molecular weight excluding hydrogens is 211 g/mol. The Bertz CT molecular complexity index is 399. The molecule has 0 heterocycles. The van der Waals surface area contributed by atoms with Gasteiger partial charge in [-0.3, -0.25) is 4.79 Å². The van der Waals surface area contributed by atoms with Gasteiger partial charge in [0.05, 0.1) is 20.6 Å². The summed E-state index contributed by atoms with van der Waals surface area (Å²) in [7, 11) is 2.73. The van der Waals surface area contributed by atoms with Crippen LogP contribution in [0.3, 0.4) is 0 Å². The number of esters is 1. The van der Waals surface area contributed by atoms with Gasteiger partial charge in [0.1, 0.15) is 0 Å². The summed E-state index contributed by atoms with van der Waals surface area (Å²) in [5.41, 5.74) is 0.669. The van der Waals surface area contributed by atoms with Crippen molar-refractivity contribution < 1.29 is 18.7 Å². The first-order valence-electron chi connectivity index (χ1n) is 4.74. The van der Waals surface area contributed by atoms with Crippen LogP contribution < -0.4 is 4.74 Å². The van der Waals surface area contributed by atoms with Gasteiger partial charge in [0.25, 0.3) is 0 Å². The van der Waals surface area contributed by atoms with E-state index in [1.165, 1.54) is 26.4 Å². The number of methoxy groups -OCH3 is 2. The van der Waals surface area contributed by atoms with Crippen LogP contribution in [0.15, 0.2) is 24.3 Å². The topological polar surface area (TPSA) is 35.5 Å². The maximum Gasteiger partial charge on any atom is 0.309 e. The average molecular weight is 224 g/mol. The van der Waals surface area contributed by atoms with E-state index in [4.69, 9.17) is 4.74 Å². The Morgan fingerprint density at radius 1 is 1.44 bits per heavy atom. The molecule has 0 fully saturated rings. The summed E-state index contributed by atoms with van der Waals surface area (Å²) in [6.07, 6.45) is 3.44. The SMILES string of the molecule is COC(=O)CC=Cc1ccc(OC)c(F)c1. The Hall–Kier alpha value is -1.84. The van der Waals surface area contributed by atoms with Crippen LogP contribution in [0.5, 0.6) is 5.75 Å². The van der Waals surface area contributed by atoms with Crippen LogP contribution >= 0.6 is 0 Å². The molecule has 0 aromatic heterocycles. The first-order valence-corrected chi connectivity index (χ1v) is 4.74. The second-order valence-corrected chi connectivity index (χ2v) is 3.08. The molecule has 0 aliphatic carbocycles. The molecule has 16 heavy (non-hydrogen) atoms. The lowest BCUT2D eigenvalue weighted by molar-refractivity contribution is -0.139. The largest absolute Gasteiger partial charge is 0.494 e. The third kappa shape index (κ3) is 3.38. The molecule has 1 aromatic carbocycles. The van der Waals surface area contributed by atoms with Crippen molar-refractivity contribution >= 4 is 12.0 Å². The highest BCUT2D eigenvalue weighted by molar-refractivity contribution is 5.72. The number of ether oxygens (including phenoxy) is 2. The number of halogens is 1. The maximum absolute atomic E-state index is 13.3. The first kappa shape index (κ1) is 12.2. The standard InChI is InChI=1S/C12H13FO3/c1-15-11-7-6-9(8-10(11)13)4-3-5-12(14)16-2/h3-4,6-8H,5H2,1-2H3. The first-order chi connectivity index (χ1) is 7.67. The Balaban J connectivity index is 2.68. The average Bonchev–Trinajstić information content (AvgIpc) is 2.29. The summed E-state index contributed by atoms with van der Waals surface area (Å²) < 4.78 is 22.5. The van der Waals surface area contributed by atoms with E-state index in [-0.39, 0.29) is 18.1 Å². The second kappa shape index (κ2) is 5.90.